The lowest BCUT2D eigenvalue weighted by atomic mass is 10.1. The van der Waals surface area contributed by atoms with E-state index in [1.54, 1.807) is 6.07 Å². The molecule has 0 aliphatic heterocycles. The first kappa shape index (κ1) is 13.3. The van der Waals surface area contributed by atoms with Crippen LogP contribution in [0.1, 0.15) is 11.3 Å². The van der Waals surface area contributed by atoms with E-state index in [4.69, 9.17) is 15.4 Å². The van der Waals surface area contributed by atoms with Crippen molar-refractivity contribution in [3.8, 4) is 17.4 Å². The van der Waals surface area contributed by atoms with Gasteiger partial charge in [0.1, 0.15) is 11.5 Å². The van der Waals surface area contributed by atoms with Gasteiger partial charge in [0.25, 0.3) is 0 Å². The van der Waals surface area contributed by atoms with Gasteiger partial charge in [0, 0.05) is 18.7 Å². The first-order valence-electron chi connectivity index (χ1n) is 6.21. The van der Waals surface area contributed by atoms with Crippen LogP contribution in [0.5, 0.6) is 0 Å². The average Bonchev–Trinajstić information content (AvgIpc) is 2.87. The fourth-order valence-corrected chi connectivity index (χ4v) is 1.93. The summed E-state index contributed by atoms with van der Waals surface area (Å²) < 4.78 is 5.79. The van der Waals surface area contributed by atoms with Crippen LogP contribution >= 0.6 is 0 Å². The summed E-state index contributed by atoms with van der Waals surface area (Å²) >= 11 is 0. The molecule has 4 heteroatoms. The third-order valence-corrected chi connectivity index (χ3v) is 2.87. The lowest BCUT2D eigenvalue weighted by molar-refractivity contribution is 0.304. The monoisotopic (exact) mass is 255 g/mol. The molecule has 0 bridgehead atoms. The van der Waals surface area contributed by atoms with Crippen molar-refractivity contribution in [3.63, 3.8) is 0 Å². The van der Waals surface area contributed by atoms with Crippen LogP contribution in [0.4, 0.5) is 0 Å². The Labute approximate surface area is 113 Å². The van der Waals surface area contributed by atoms with Crippen LogP contribution in [0.25, 0.3) is 11.3 Å². The summed E-state index contributed by atoms with van der Waals surface area (Å²) in [5, 5.41) is 8.89. The second-order valence-corrected chi connectivity index (χ2v) is 4.49. The van der Waals surface area contributed by atoms with Crippen molar-refractivity contribution in [2.75, 3.05) is 20.1 Å². The number of hydrogen-bond donors (Lipinski definition) is 1. The maximum Gasteiger partial charge on any atom is 0.134 e. The Morgan fingerprint density at radius 2 is 2.16 bits per heavy atom. The third-order valence-electron chi connectivity index (χ3n) is 2.87. The number of hydrogen-bond acceptors (Lipinski definition) is 4. The van der Waals surface area contributed by atoms with Crippen molar-refractivity contribution in [2.24, 2.45) is 5.73 Å². The molecule has 0 saturated carbocycles. The number of nitrogens with zero attached hydrogens (tertiary/aromatic N) is 2. The van der Waals surface area contributed by atoms with Gasteiger partial charge in [0.05, 0.1) is 18.2 Å². The highest BCUT2D eigenvalue weighted by atomic mass is 16.3. The van der Waals surface area contributed by atoms with E-state index < -0.39 is 0 Å². The zero-order valence-corrected chi connectivity index (χ0v) is 11.0. The summed E-state index contributed by atoms with van der Waals surface area (Å²) in [6.07, 6.45) is 0. The van der Waals surface area contributed by atoms with Crippen molar-refractivity contribution < 1.29 is 4.42 Å². The standard InChI is InChI=1S/C15H17N3O/c1-18(8-7-16)11-14-5-6-15(19-14)13-4-2-3-12(9-13)10-17/h2-6,9H,7-8,11,16H2,1H3. The quantitative estimate of drug-likeness (QED) is 0.889. The lowest BCUT2D eigenvalue weighted by Gasteiger charge is -2.12. The normalized spacial score (nSPS) is 10.6. The van der Waals surface area contributed by atoms with Gasteiger partial charge in [-0.05, 0) is 31.3 Å². The van der Waals surface area contributed by atoms with Gasteiger partial charge in [0.2, 0.25) is 0 Å². The molecule has 0 amide bonds. The van der Waals surface area contributed by atoms with Gasteiger partial charge in [-0.1, -0.05) is 12.1 Å². The molecule has 0 aliphatic carbocycles. The number of rotatable bonds is 5. The zero-order chi connectivity index (χ0) is 13.7. The molecule has 98 valence electrons. The van der Waals surface area contributed by atoms with E-state index >= 15 is 0 Å². The number of nitrogens with two attached hydrogens (primary N) is 1. The lowest BCUT2D eigenvalue weighted by Crippen LogP contribution is -2.24. The second-order valence-electron chi connectivity index (χ2n) is 4.49. The smallest absolute Gasteiger partial charge is 0.134 e. The fourth-order valence-electron chi connectivity index (χ4n) is 1.93. The minimum Gasteiger partial charge on any atom is -0.460 e. The molecule has 2 N–H and O–H groups in total. The van der Waals surface area contributed by atoms with Crippen molar-refractivity contribution in [1.82, 2.24) is 4.90 Å². The summed E-state index contributed by atoms with van der Waals surface area (Å²) in [6.45, 7) is 2.20. The van der Waals surface area contributed by atoms with Gasteiger partial charge in [0.15, 0.2) is 0 Å². The molecular weight excluding hydrogens is 238 g/mol. The summed E-state index contributed by atoms with van der Waals surface area (Å²) in [4.78, 5) is 2.11. The van der Waals surface area contributed by atoms with Crippen molar-refractivity contribution in [3.05, 3.63) is 47.7 Å². The molecule has 1 aromatic carbocycles. The first-order chi connectivity index (χ1) is 9.22. The predicted octanol–water partition coefficient (Wildman–Crippen LogP) is 2.21. The Kier molecular flexibility index (Phi) is 4.35. The molecule has 0 radical (unpaired) electrons. The fraction of sp³-hybridized carbons (Fsp3) is 0.267. The molecule has 0 atom stereocenters. The summed E-state index contributed by atoms with van der Waals surface area (Å²) in [7, 11) is 2.01. The summed E-state index contributed by atoms with van der Waals surface area (Å²) in [5.74, 6) is 1.68. The SMILES string of the molecule is CN(CCN)Cc1ccc(-c2cccc(C#N)c2)o1. The van der Waals surface area contributed by atoms with E-state index in [-0.39, 0.29) is 0 Å². The Morgan fingerprint density at radius 3 is 2.89 bits per heavy atom. The Morgan fingerprint density at radius 1 is 1.32 bits per heavy atom. The maximum absolute atomic E-state index is 8.89. The minimum atomic E-state index is 0.633. The van der Waals surface area contributed by atoms with E-state index in [0.717, 1.165) is 30.2 Å². The molecule has 2 aromatic rings. The molecule has 1 aromatic heterocycles. The van der Waals surface area contributed by atoms with E-state index in [1.807, 2.05) is 37.4 Å². The van der Waals surface area contributed by atoms with Crippen molar-refractivity contribution in [1.29, 1.82) is 5.26 Å². The van der Waals surface area contributed by atoms with Crippen LogP contribution in [-0.2, 0) is 6.54 Å². The van der Waals surface area contributed by atoms with Crippen LogP contribution in [0.2, 0.25) is 0 Å². The van der Waals surface area contributed by atoms with Crippen molar-refractivity contribution >= 4 is 0 Å². The van der Waals surface area contributed by atoms with Crippen molar-refractivity contribution in [2.45, 2.75) is 6.54 Å². The highest BCUT2D eigenvalue weighted by Gasteiger charge is 2.07. The molecule has 0 unspecified atom stereocenters. The van der Waals surface area contributed by atoms with Crippen LogP contribution < -0.4 is 5.73 Å². The molecule has 0 aliphatic rings. The van der Waals surface area contributed by atoms with Crippen LogP contribution in [0, 0.1) is 11.3 Å². The molecule has 2 rings (SSSR count). The number of furan rings is 1. The largest absolute Gasteiger partial charge is 0.460 e. The van der Waals surface area contributed by atoms with Gasteiger partial charge in [-0.15, -0.1) is 0 Å². The van der Waals surface area contributed by atoms with Gasteiger partial charge in [-0.3, -0.25) is 4.90 Å². The number of benzene rings is 1. The Hall–Kier alpha value is -2.09. The van der Waals surface area contributed by atoms with Crippen LogP contribution in [0.15, 0.2) is 40.8 Å². The highest BCUT2D eigenvalue weighted by Crippen LogP contribution is 2.23. The van der Waals surface area contributed by atoms with Gasteiger partial charge in [-0.2, -0.15) is 5.26 Å². The van der Waals surface area contributed by atoms with E-state index in [0.29, 0.717) is 12.1 Å². The molecule has 0 spiro atoms. The van der Waals surface area contributed by atoms with Gasteiger partial charge in [-0.25, -0.2) is 0 Å². The topological polar surface area (TPSA) is 66.2 Å². The minimum absolute atomic E-state index is 0.633. The van der Waals surface area contributed by atoms with E-state index in [2.05, 4.69) is 11.0 Å². The van der Waals surface area contributed by atoms with E-state index in [1.165, 1.54) is 0 Å². The molecule has 0 saturated heterocycles. The van der Waals surface area contributed by atoms with Gasteiger partial charge >= 0.3 is 0 Å². The number of nitriles is 1. The van der Waals surface area contributed by atoms with Crippen LogP contribution in [-0.4, -0.2) is 25.0 Å². The molecule has 19 heavy (non-hydrogen) atoms. The first-order valence-corrected chi connectivity index (χ1v) is 6.21. The number of likely N-dealkylation sites (N-methyl/N-ethyl adjacent to an activating group) is 1. The Balaban J connectivity index is 2.14. The maximum atomic E-state index is 8.89. The average molecular weight is 255 g/mol. The predicted molar refractivity (Wildman–Crippen MR) is 74.2 cm³/mol. The third kappa shape index (κ3) is 3.44. The molecule has 0 fully saturated rings. The zero-order valence-electron chi connectivity index (χ0n) is 11.0. The summed E-state index contributed by atoms with van der Waals surface area (Å²) in [6, 6.07) is 13.4. The Bertz CT molecular complexity index is 583. The van der Waals surface area contributed by atoms with Crippen LogP contribution in [0.3, 0.4) is 0 Å². The molecular formula is C15H17N3O. The molecule has 4 nitrogen and oxygen atoms in total. The molecule has 1 heterocycles. The highest BCUT2D eigenvalue weighted by molar-refractivity contribution is 5.60. The summed E-state index contributed by atoms with van der Waals surface area (Å²) in [5.41, 5.74) is 7.07. The van der Waals surface area contributed by atoms with E-state index in [9.17, 15) is 0 Å². The van der Waals surface area contributed by atoms with Gasteiger partial charge < -0.3 is 10.2 Å². The second kappa shape index (κ2) is 6.19.